The summed E-state index contributed by atoms with van der Waals surface area (Å²) in [6.07, 6.45) is 10.7. The third kappa shape index (κ3) is 5.70. The molecule has 1 amide bonds. The number of likely N-dealkylation sites (tertiary alicyclic amines) is 1. The number of pyridine rings is 2. The molecular weight excluding hydrogens is 510 g/mol. The monoisotopic (exact) mass is 546 g/mol. The summed E-state index contributed by atoms with van der Waals surface area (Å²) >= 11 is 0. The lowest BCUT2D eigenvalue weighted by atomic mass is 9.79. The Kier molecular flexibility index (Phi) is 7.49. The summed E-state index contributed by atoms with van der Waals surface area (Å²) in [6.45, 7) is 6.17. The summed E-state index contributed by atoms with van der Waals surface area (Å²) in [7, 11) is 0. The maximum Gasteiger partial charge on any atom is 0.252 e. The molecule has 9 heteroatoms. The molecule has 5 heterocycles. The highest BCUT2D eigenvalue weighted by Crippen LogP contribution is 2.37. The molecule has 40 heavy (non-hydrogen) atoms. The number of allylic oxidation sites excluding steroid dienone is 3. The number of hydrogen-bond donors (Lipinski definition) is 1. The van der Waals surface area contributed by atoms with Gasteiger partial charge in [-0.3, -0.25) is 19.7 Å². The Morgan fingerprint density at radius 2 is 1.95 bits per heavy atom. The van der Waals surface area contributed by atoms with Crippen LogP contribution in [-0.4, -0.2) is 65.1 Å². The van der Waals surface area contributed by atoms with Crippen LogP contribution in [0.5, 0.6) is 0 Å². The Bertz CT molecular complexity index is 1350. The first-order valence-corrected chi connectivity index (χ1v) is 14.4. The van der Waals surface area contributed by atoms with Crippen LogP contribution in [0.25, 0.3) is 5.57 Å². The second-order valence-corrected chi connectivity index (χ2v) is 11.3. The average Bonchev–Trinajstić information content (AvgIpc) is 2.93. The van der Waals surface area contributed by atoms with Gasteiger partial charge in [-0.05, 0) is 53.3 Å². The molecule has 1 atom stereocenters. The molecule has 0 spiro atoms. The van der Waals surface area contributed by atoms with E-state index in [4.69, 9.17) is 4.99 Å². The number of piperidine rings is 1. The van der Waals surface area contributed by atoms with Crippen molar-refractivity contribution < 1.29 is 13.6 Å². The number of nitrogens with one attached hydrogen (secondary N) is 1. The number of carbonyl (C=O) groups excluding carboxylic acids is 1. The molecule has 1 unspecified atom stereocenters. The first-order valence-electron chi connectivity index (χ1n) is 14.4. The fourth-order valence-electron chi connectivity index (χ4n) is 5.99. The average molecular weight is 547 g/mol. The van der Waals surface area contributed by atoms with Crippen molar-refractivity contribution in [1.82, 2.24) is 14.9 Å². The fourth-order valence-corrected chi connectivity index (χ4v) is 5.99. The molecule has 2 aromatic heterocycles. The Morgan fingerprint density at radius 3 is 2.65 bits per heavy atom. The van der Waals surface area contributed by atoms with Crippen LogP contribution in [0.1, 0.15) is 56.6 Å². The zero-order chi connectivity index (χ0) is 27.7. The van der Waals surface area contributed by atoms with Gasteiger partial charge in [0.25, 0.3) is 11.8 Å². The van der Waals surface area contributed by atoms with Crippen LogP contribution in [0.15, 0.2) is 59.0 Å². The molecule has 0 bridgehead atoms. The Balaban J connectivity index is 1.20. The van der Waals surface area contributed by atoms with Crippen molar-refractivity contribution in [2.24, 2.45) is 10.9 Å². The van der Waals surface area contributed by atoms with E-state index in [0.29, 0.717) is 44.7 Å². The van der Waals surface area contributed by atoms with Crippen LogP contribution in [0.4, 0.5) is 20.3 Å². The van der Waals surface area contributed by atoms with Crippen molar-refractivity contribution in [3.63, 3.8) is 0 Å². The van der Waals surface area contributed by atoms with E-state index >= 15 is 0 Å². The molecule has 0 radical (unpaired) electrons. The number of dihydropyridines is 1. The standard InChI is InChI=1S/C31H36F2N6O/c1-2-22-18-35-27-6-4-23(24-14-21(16-34-17-24)20-38-12-8-31(32,33)9-13-38)15-26(27)29(22)30(40)37-25-5-7-28(36-19-25)39-10-3-11-39/h4-5,7,14,16-17,19,22H,2-3,6,8-13,15,18,20H2,1H3,(H,37,40). The Hall–Kier alpha value is -3.46. The second kappa shape index (κ2) is 11.2. The van der Waals surface area contributed by atoms with Crippen molar-refractivity contribution in [2.45, 2.75) is 57.9 Å². The highest BCUT2D eigenvalue weighted by molar-refractivity contribution is 6.15. The maximum absolute atomic E-state index is 13.7. The molecule has 4 aliphatic rings. The van der Waals surface area contributed by atoms with Gasteiger partial charge in [-0.25, -0.2) is 13.8 Å². The van der Waals surface area contributed by atoms with Crippen molar-refractivity contribution in [3.05, 3.63) is 65.1 Å². The lowest BCUT2D eigenvalue weighted by Gasteiger charge is -2.32. The first-order chi connectivity index (χ1) is 19.4. The van der Waals surface area contributed by atoms with Gasteiger partial charge in [0.1, 0.15) is 5.82 Å². The summed E-state index contributed by atoms with van der Waals surface area (Å²) in [5.74, 6) is -1.62. The summed E-state index contributed by atoms with van der Waals surface area (Å²) in [5, 5.41) is 3.10. The molecule has 6 rings (SSSR count). The van der Waals surface area contributed by atoms with E-state index in [1.54, 1.807) is 6.20 Å². The molecule has 7 nitrogen and oxygen atoms in total. The van der Waals surface area contributed by atoms with Gasteiger partial charge in [-0.1, -0.05) is 13.0 Å². The normalized spacial score (nSPS) is 22.7. The van der Waals surface area contributed by atoms with E-state index in [-0.39, 0.29) is 24.7 Å². The van der Waals surface area contributed by atoms with E-state index in [1.165, 1.54) is 6.42 Å². The van der Waals surface area contributed by atoms with Crippen molar-refractivity contribution in [2.75, 3.05) is 42.9 Å². The van der Waals surface area contributed by atoms with E-state index < -0.39 is 5.92 Å². The van der Waals surface area contributed by atoms with Gasteiger partial charge in [-0.15, -0.1) is 0 Å². The minimum absolute atomic E-state index is 0.0631. The summed E-state index contributed by atoms with van der Waals surface area (Å²) in [4.78, 5) is 31.9. The number of nitrogens with zero attached hydrogens (tertiary/aromatic N) is 5. The third-order valence-corrected chi connectivity index (χ3v) is 8.58. The van der Waals surface area contributed by atoms with Gasteiger partial charge in [0.2, 0.25) is 0 Å². The summed E-state index contributed by atoms with van der Waals surface area (Å²) in [6, 6.07) is 6.00. The van der Waals surface area contributed by atoms with Gasteiger partial charge in [0, 0.05) is 94.5 Å². The quantitative estimate of drug-likeness (QED) is 0.496. The van der Waals surface area contributed by atoms with Crippen molar-refractivity contribution >= 4 is 28.7 Å². The lowest BCUT2D eigenvalue weighted by molar-refractivity contribution is -0.113. The van der Waals surface area contributed by atoms with E-state index in [1.807, 2.05) is 24.5 Å². The minimum Gasteiger partial charge on any atom is -0.356 e. The van der Waals surface area contributed by atoms with Gasteiger partial charge < -0.3 is 10.2 Å². The zero-order valence-electron chi connectivity index (χ0n) is 23.0. The van der Waals surface area contributed by atoms with Gasteiger partial charge in [-0.2, -0.15) is 0 Å². The number of anilines is 2. The van der Waals surface area contributed by atoms with Crippen LogP contribution >= 0.6 is 0 Å². The van der Waals surface area contributed by atoms with Crippen molar-refractivity contribution in [1.29, 1.82) is 0 Å². The fraction of sp³-hybridized carbons (Fsp3) is 0.484. The molecule has 0 aromatic carbocycles. The molecule has 1 N–H and O–H groups in total. The molecule has 2 fully saturated rings. The number of amides is 1. The number of carbonyl (C=O) groups is 1. The van der Waals surface area contributed by atoms with Crippen LogP contribution in [-0.2, 0) is 11.3 Å². The molecule has 210 valence electrons. The predicted molar refractivity (Wildman–Crippen MR) is 154 cm³/mol. The van der Waals surface area contributed by atoms with Crippen molar-refractivity contribution in [3.8, 4) is 0 Å². The summed E-state index contributed by atoms with van der Waals surface area (Å²) < 4.78 is 27.2. The second-order valence-electron chi connectivity index (χ2n) is 11.3. The van der Waals surface area contributed by atoms with Gasteiger partial charge in [0.15, 0.2) is 0 Å². The lowest BCUT2D eigenvalue weighted by Crippen LogP contribution is -2.38. The smallest absolute Gasteiger partial charge is 0.252 e. The molecular formula is C31H36F2N6O. The number of alkyl halides is 2. The number of hydrogen-bond acceptors (Lipinski definition) is 6. The number of fused-ring (bicyclic) bond motifs is 1. The maximum atomic E-state index is 13.7. The van der Waals surface area contributed by atoms with Crippen LogP contribution in [0, 0.1) is 5.92 Å². The number of aliphatic imine (C=N–C) groups is 1. The zero-order valence-corrected chi connectivity index (χ0v) is 23.0. The number of halogens is 2. The van der Waals surface area contributed by atoms with E-state index in [0.717, 1.165) is 58.9 Å². The topological polar surface area (TPSA) is 73.7 Å². The van der Waals surface area contributed by atoms with Crippen LogP contribution in [0.2, 0.25) is 0 Å². The molecule has 3 aliphatic heterocycles. The largest absolute Gasteiger partial charge is 0.356 e. The van der Waals surface area contributed by atoms with Crippen LogP contribution < -0.4 is 10.2 Å². The Labute approximate surface area is 234 Å². The highest BCUT2D eigenvalue weighted by Gasteiger charge is 2.34. The van der Waals surface area contributed by atoms with Gasteiger partial charge in [0.05, 0.1) is 11.9 Å². The first kappa shape index (κ1) is 26.7. The summed E-state index contributed by atoms with van der Waals surface area (Å²) in [5.41, 5.74) is 6.67. The Morgan fingerprint density at radius 1 is 1.12 bits per heavy atom. The molecule has 2 aromatic rings. The number of rotatable bonds is 7. The van der Waals surface area contributed by atoms with E-state index in [9.17, 15) is 13.6 Å². The van der Waals surface area contributed by atoms with Gasteiger partial charge >= 0.3 is 0 Å². The SMILES string of the molecule is CCC1CN=C2CC=C(c3cncc(CN4CCC(F)(F)CC4)c3)CC2=C1C(=O)Nc1ccc(N2CCC2)nc1. The molecule has 2 saturated heterocycles. The molecule has 1 aliphatic carbocycles. The van der Waals surface area contributed by atoms with E-state index in [2.05, 4.69) is 44.2 Å². The predicted octanol–water partition coefficient (Wildman–Crippen LogP) is 5.51. The molecule has 0 saturated carbocycles. The third-order valence-electron chi connectivity index (χ3n) is 8.58. The highest BCUT2D eigenvalue weighted by atomic mass is 19.3. The number of aromatic nitrogens is 2. The minimum atomic E-state index is -2.55. The van der Waals surface area contributed by atoms with Crippen LogP contribution in [0.3, 0.4) is 0 Å².